The fourth-order valence-electron chi connectivity index (χ4n) is 4.01. The van der Waals surface area contributed by atoms with Crippen molar-refractivity contribution in [3.05, 3.63) is 83.4 Å². The summed E-state index contributed by atoms with van der Waals surface area (Å²) in [5.74, 6) is 0.0453. The summed E-state index contributed by atoms with van der Waals surface area (Å²) in [6.07, 6.45) is 0.671. The van der Waals surface area contributed by atoms with Gasteiger partial charge in [0.25, 0.3) is 15.9 Å². The summed E-state index contributed by atoms with van der Waals surface area (Å²) in [5.41, 5.74) is 3.04. The van der Waals surface area contributed by atoms with Crippen LogP contribution in [0.4, 0.5) is 5.69 Å². The van der Waals surface area contributed by atoms with Crippen molar-refractivity contribution in [2.75, 3.05) is 31.6 Å². The van der Waals surface area contributed by atoms with Crippen LogP contribution in [0.5, 0.6) is 5.75 Å². The first-order valence-corrected chi connectivity index (χ1v) is 14.5. The smallest absolute Gasteiger partial charge is 0.264 e. The molecule has 11 heteroatoms. The van der Waals surface area contributed by atoms with Crippen LogP contribution in [0, 0.1) is 6.92 Å². The Morgan fingerprint density at radius 3 is 2.32 bits per heavy atom. The average molecular weight is 544 g/mol. The molecule has 3 aromatic rings. The van der Waals surface area contributed by atoms with Crippen LogP contribution in [0.3, 0.4) is 0 Å². The minimum Gasteiger partial charge on any atom is -0.484 e. The van der Waals surface area contributed by atoms with E-state index in [1.165, 1.54) is 36.6 Å². The Labute approximate surface area is 217 Å². The van der Waals surface area contributed by atoms with E-state index in [1.807, 2.05) is 24.3 Å². The van der Waals surface area contributed by atoms with Crippen LogP contribution in [0.15, 0.2) is 76.5 Å². The van der Waals surface area contributed by atoms with Gasteiger partial charge < -0.3 is 10.1 Å². The van der Waals surface area contributed by atoms with Gasteiger partial charge in [-0.05, 0) is 66.4 Å². The third kappa shape index (κ3) is 5.63. The minimum atomic E-state index is -3.72. The number of hydrogen-bond donors (Lipinski definition) is 1. The van der Waals surface area contributed by atoms with Gasteiger partial charge in [0.2, 0.25) is 10.0 Å². The standard InChI is InChI=1S/C26H29N3O6S2/c1-19-16-23(37(33,34)29-15-14-21-6-4-5-7-24(21)29)12-13-25(19)35-18-26(30)27-17-20-8-10-22(11-9-20)36(31,32)28(2)3/h4-13,16H,14-15,17-18H2,1-3H3,(H,27,30). The molecular weight excluding hydrogens is 514 g/mol. The lowest BCUT2D eigenvalue weighted by atomic mass is 10.2. The molecule has 1 amide bonds. The monoisotopic (exact) mass is 543 g/mol. The summed E-state index contributed by atoms with van der Waals surface area (Å²) in [6, 6.07) is 18.3. The molecule has 1 N–H and O–H groups in total. The van der Waals surface area contributed by atoms with Gasteiger partial charge in [-0.15, -0.1) is 0 Å². The third-order valence-electron chi connectivity index (χ3n) is 6.13. The Kier molecular flexibility index (Phi) is 7.58. The van der Waals surface area contributed by atoms with Gasteiger partial charge in [0.15, 0.2) is 6.61 Å². The molecule has 3 aromatic carbocycles. The van der Waals surface area contributed by atoms with Gasteiger partial charge in [-0.1, -0.05) is 30.3 Å². The highest BCUT2D eigenvalue weighted by atomic mass is 32.2. The molecule has 0 fully saturated rings. The Balaban J connectivity index is 1.34. The second-order valence-electron chi connectivity index (χ2n) is 8.88. The Morgan fingerprint density at radius 1 is 0.973 bits per heavy atom. The molecule has 1 heterocycles. The number of rotatable bonds is 9. The molecule has 4 rings (SSSR count). The van der Waals surface area contributed by atoms with Gasteiger partial charge in [-0.25, -0.2) is 21.1 Å². The number of ether oxygens (including phenoxy) is 1. The molecule has 0 radical (unpaired) electrons. The lowest BCUT2D eigenvalue weighted by molar-refractivity contribution is -0.123. The van der Waals surface area contributed by atoms with Crippen LogP contribution in [0.1, 0.15) is 16.7 Å². The lowest BCUT2D eigenvalue weighted by Gasteiger charge is -2.20. The number of nitrogens with zero attached hydrogens (tertiary/aromatic N) is 2. The molecule has 0 bridgehead atoms. The van der Waals surface area contributed by atoms with Crippen LogP contribution in [-0.2, 0) is 37.8 Å². The SMILES string of the molecule is Cc1cc(S(=O)(=O)N2CCc3ccccc32)ccc1OCC(=O)NCc1ccc(S(=O)(=O)N(C)C)cc1. The number of fused-ring (bicyclic) bond motifs is 1. The largest absolute Gasteiger partial charge is 0.484 e. The highest BCUT2D eigenvalue weighted by Crippen LogP contribution is 2.33. The summed E-state index contributed by atoms with van der Waals surface area (Å²) >= 11 is 0. The number of nitrogens with one attached hydrogen (secondary N) is 1. The van der Waals surface area contributed by atoms with E-state index in [-0.39, 0.29) is 28.8 Å². The molecule has 9 nitrogen and oxygen atoms in total. The second kappa shape index (κ2) is 10.5. The quantitative estimate of drug-likeness (QED) is 0.444. The predicted octanol–water partition coefficient (Wildman–Crippen LogP) is 2.69. The Morgan fingerprint density at radius 2 is 1.65 bits per heavy atom. The van der Waals surface area contributed by atoms with Crippen LogP contribution in [0.25, 0.3) is 0 Å². The highest BCUT2D eigenvalue weighted by Gasteiger charge is 2.30. The molecule has 0 aromatic heterocycles. The molecule has 0 unspecified atom stereocenters. The van der Waals surface area contributed by atoms with E-state index in [0.29, 0.717) is 30.0 Å². The maximum Gasteiger partial charge on any atom is 0.264 e. The van der Waals surface area contributed by atoms with Crippen molar-refractivity contribution in [1.82, 2.24) is 9.62 Å². The molecule has 37 heavy (non-hydrogen) atoms. The molecule has 0 saturated carbocycles. The topological polar surface area (TPSA) is 113 Å². The maximum atomic E-state index is 13.2. The van der Waals surface area contributed by atoms with Crippen LogP contribution >= 0.6 is 0 Å². The van der Waals surface area contributed by atoms with Crippen LogP contribution in [0.2, 0.25) is 0 Å². The van der Waals surface area contributed by atoms with Gasteiger partial charge in [0, 0.05) is 27.2 Å². The van der Waals surface area contributed by atoms with Gasteiger partial charge in [0.1, 0.15) is 5.75 Å². The van der Waals surface area contributed by atoms with Crippen molar-refractivity contribution < 1.29 is 26.4 Å². The number of sulfonamides is 2. The Hall–Kier alpha value is -3.41. The number of carbonyl (C=O) groups is 1. The lowest BCUT2D eigenvalue weighted by Crippen LogP contribution is -2.29. The van der Waals surface area contributed by atoms with E-state index < -0.39 is 20.0 Å². The molecule has 0 spiro atoms. The van der Waals surface area contributed by atoms with Gasteiger partial charge >= 0.3 is 0 Å². The van der Waals surface area contributed by atoms with Crippen molar-refractivity contribution in [1.29, 1.82) is 0 Å². The number of hydrogen-bond acceptors (Lipinski definition) is 6. The number of benzene rings is 3. The van der Waals surface area contributed by atoms with Gasteiger partial charge in [-0.3, -0.25) is 9.10 Å². The van der Waals surface area contributed by atoms with E-state index in [9.17, 15) is 21.6 Å². The summed E-state index contributed by atoms with van der Waals surface area (Å²) in [5, 5.41) is 2.73. The normalized spacial score (nSPS) is 13.5. The van der Waals surface area contributed by atoms with Crippen LogP contribution < -0.4 is 14.4 Å². The molecule has 196 valence electrons. The van der Waals surface area contributed by atoms with Crippen molar-refractivity contribution in [2.24, 2.45) is 0 Å². The number of para-hydroxylation sites is 1. The molecule has 0 atom stereocenters. The maximum absolute atomic E-state index is 13.2. The first-order chi connectivity index (χ1) is 17.5. The second-order valence-corrected chi connectivity index (χ2v) is 12.9. The zero-order valence-electron chi connectivity index (χ0n) is 20.8. The number of carbonyl (C=O) groups excluding carboxylic acids is 1. The minimum absolute atomic E-state index is 0.165. The van der Waals surface area contributed by atoms with Gasteiger partial charge in [0.05, 0.1) is 15.5 Å². The van der Waals surface area contributed by atoms with E-state index in [2.05, 4.69) is 5.32 Å². The predicted molar refractivity (Wildman–Crippen MR) is 141 cm³/mol. The molecular formula is C26H29N3O6S2. The third-order valence-corrected chi connectivity index (χ3v) is 9.77. The fraction of sp³-hybridized carbons (Fsp3) is 0.269. The van der Waals surface area contributed by atoms with E-state index in [4.69, 9.17) is 4.74 Å². The van der Waals surface area contributed by atoms with Crippen LogP contribution in [-0.4, -0.2) is 54.3 Å². The van der Waals surface area contributed by atoms with E-state index in [1.54, 1.807) is 31.2 Å². The van der Waals surface area contributed by atoms with Crippen molar-refractivity contribution in [2.45, 2.75) is 29.7 Å². The first kappa shape index (κ1) is 26.6. The number of amides is 1. The van der Waals surface area contributed by atoms with Crippen molar-refractivity contribution in [3.63, 3.8) is 0 Å². The molecule has 1 aliphatic heterocycles. The highest BCUT2D eigenvalue weighted by molar-refractivity contribution is 7.92. The molecule has 0 saturated heterocycles. The summed E-state index contributed by atoms with van der Waals surface area (Å²) < 4.78 is 59.0. The number of anilines is 1. The fourth-order valence-corrected chi connectivity index (χ4v) is 6.50. The average Bonchev–Trinajstić information content (AvgIpc) is 3.32. The summed E-state index contributed by atoms with van der Waals surface area (Å²) in [7, 11) is -4.31. The zero-order valence-corrected chi connectivity index (χ0v) is 22.5. The molecule has 0 aliphatic carbocycles. The summed E-state index contributed by atoms with van der Waals surface area (Å²) in [6.45, 7) is 2.08. The zero-order chi connectivity index (χ0) is 26.8. The molecule has 1 aliphatic rings. The van der Waals surface area contributed by atoms with Crippen molar-refractivity contribution >= 4 is 31.6 Å². The Bertz CT molecular complexity index is 1520. The van der Waals surface area contributed by atoms with Crippen molar-refractivity contribution in [3.8, 4) is 5.75 Å². The summed E-state index contributed by atoms with van der Waals surface area (Å²) in [4.78, 5) is 12.6. The number of aryl methyl sites for hydroxylation is 1. The van der Waals surface area contributed by atoms with E-state index >= 15 is 0 Å². The van der Waals surface area contributed by atoms with Gasteiger partial charge in [-0.2, -0.15) is 0 Å². The first-order valence-electron chi connectivity index (χ1n) is 11.6. The van der Waals surface area contributed by atoms with E-state index in [0.717, 1.165) is 15.4 Å².